The number of nitro groups is 1. The number of anilines is 2. The average molecular weight is 555 g/mol. The zero-order chi connectivity index (χ0) is 28.1. The van der Waals surface area contributed by atoms with E-state index in [1.54, 1.807) is 11.0 Å². The van der Waals surface area contributed by atoms with Crippen molar-refractivity contribution in [2.45, 2.75) is 44.4 Å². The summed E-state index contributed by atoms with van der Waals surface area (Å²) >= 11 is 0. The Balaban J connectivity index is 1.19. The molecule has 3 fully saturated rings. The summed E-state index contributed by atoms with van der Waals surface area (Å²) in [6.07, 6.45) is 5.08. The molecule has 2 amide bonds. The number of non-ortho nitro benzene ring substituents is 1. The molecule has 0 bridgehead atoms. The number of furan rings is 1. The maximum Gasteiger partial charge on any atom is 0.288 e. The van der Waals surface area contributed by atoms with Gasteiger partial charge in [-0.05, 0) is 49.3 Å². The molecule has 0 unspecified atom stereocenters. The highest BCUT2D eigenvalue weighted by atomic mass is 19.3. The highest BCUT2D eigenvalue weighted by Gasteiger charge is 2.45. The third-order valence-electron chi connectivity index (χ3n) is 8.29. The first-order valence-electron chi connectivity index (χ1n) is 13.3. The van der Waals surface area contributed by atoms with Crippen molar-refractivity contribution >= 4 is 40.0 Å². The molecule has 0 radical (unpaired) electrons. The summed E-state index contributed by atoms with van der Waals surface area (Å²) in [5, 5.41) is 12.0. The molecule has 4 heterocycles. The van der Waals surface area contributed by atoms with Gasteiger partial charge in [-0.1, -0.05) is 0 Å². The van der Waals surface area contributed by atoms with Gasteiger partial charge < -0.3 is 14.2 Å². The summed E-state index contributed by atoms with van der Waals surface area (Å²) < 4.78 is 32.9. The molecule has 1 saturated carbocycles. The fourth-order valence-corrected chi connectivity index (χ4v) is 5.57. The van der Waals surface area contributed by atoms with Crippen LogP contribution < -0.4 is 20.7 Å². The van der Waals surface area contributed by atoms with Gasteiger partial charge >= 0.3 is 0 Å². The second kappa shape index (κ2) is 9.72. The monoisotopic (exact) mass is 554 g/mol. The largest absolute Gasteiger partial charge is 0.460 e. The first kappa shape index (κ1) is 26.0. The van der Waals surface area contributed by atoms with Crippen LogP contribution in [0.1, 0.15) is 59.4 Å². The van der Waals surface area contributed by atoms with Crippen LogP contribution in [-0.4, -0.2) is 53.8 Å². The van der Waals surface area contributed by atoms with Crippen LogP contribution in [0.4, 0.5) is 26.0 Å². The molecule has 11 nitrogen and oxygen atoms in total. The number of hydrogen-bond donors (Lipinski definition) is 2. The number of nitrogens with one attached hydrogen (secondary N) is 2. The van der Waals surface area contributed by atoms with E-state index in [4.69, 9.17) is 4.42 Å². The van der Waals surface area contributed by atoms with E-state index in [0.717, 1.165) is 12.8 Å². The first-order valence-corrected chi connectivity index (χ1v) is 13.3. The minimum atomic E-state index is -2.75. The number of nitro benzene ring substituents is 1. The Morgan fingerprint density at radius 1 is 0.925 bits per heavy atom. The molecule has 3 aliphatic rings. The number of halogens is 2. The molecule has 0 atom stereocenters. The highest BCUT2D eigenvalue weighted by Crippen LogP contribution is 2.54. The van der Waals surface area contributed by atoms with E-state index in [1.165, 1.54) is 43.4 Å². The van der Waals surface area contributed by atoms with Crippen LogP contribution in [0.25, 0.3) is 11.0 Å². The van der Waals surface area contributed by atoms with Crippen molar-refractivity contribution in [1.29, 1.82) is 0 Å². The number of aromatic nitrogens is 1. The number of nitrogens with zero attached hydrogens (tertiary/aromatic N) is 4. The lowest BCUT2D eigenvalue weighted by Crippen LogP contribution is -2.43. The van der Waals surface area contributed by atoms with Gasteiger partial charge in [0.1, 0.15) is 5.69 Å². The summed E-state index contributed by atoms with van der Waals surface area (Å²) in [5.74, 6) is -3.81. The summed E-state index contributed by atoms with van der Waals surface area (Å²) in [6.45, 7) is 1.48. The zero-order valence-electron chi connectivity index (χ0n) is 21.6. The van der Waals surface area contributed by atoms with Gasteiger partial charge in [-0.15, -0.1) is 0 Å². The van der Waals surface area contributed by atoms with Crippen molar-refractivity contribution in [2.75, 3.05) is 36.0 Å². The van der Waals surface area contributed by atoms with E-state index < -0.39 is 22.7 Å². The molecular formula is C27H28F2N6O5. The van der Waals surface area contributed by atoms with Crippen molar-refractivity contribution in [1.82, 2.24) is 15.8 Å². The van der Waals surface area contributed by atoms with E-state index >= 15 is 0 Å². The lowest BCUT2D eigenvalue weighted by Gasteiger charge is -2.34. The Morgan fingerprint density at radius 2 is 1.60 bits per heavy atom. The van der Waals surface area contributed by atoms with Gasteiger partial charge in [0.05, 0.1) is 22.4 Å². The molecule has 1 spiro atoms. The van der Waals surface area contributed by atoms with Crippen LogP contribution in [0.5, 0.6) is 0 Å². The van der Waals surface area contributed by atoms with Crippen LogP contribution in [-0.2, 0) is 0 Å². The van der Waals surface area contributed by atoms with Gasteiger partial charge in [-0.2, -0.15) is 0 Å². The van der Waals surface area contributed by atoms with E-state index in [-0.39, 0.29) is 48.7 Å². The van der Waals surface area contributed by atoms with Gasteiger partial charge in [0, 0.05) is 56.5 Å². The van der Waals surface area contributed by atoms with E-state index in [0.29, 0.717) is 35.2 Å². The molecule has 2 N–H and O–H groups in total. The Morgan fingerprint density at radius 3 is 2.27 bits per heavy atom. The number of rotatable bonds is 5. The standard InChI is InChI=1S/C27H28F2N6O5/c28-27(29)8-12-34(13-9-27)23-22-17(3-14-40-22)15-20(30-23)25(37)32-31-24(36)19-2-1-18(35(38)39)16-21(19)33-10-6-26(4-5-26)7-11-33/h1-3,14-16H,4-13H2,(H,31,36)(H,32,37). The van der Waals surface area contributed by atoms with Crippen molar-refractivity contribution in [2.24, 2.45) is 5.41 Å². The van der Waals surface area contributed by atoms with Crippen LogP contribution in [0.2, 0.25) is 0 Å². The molecule has 2 aliphatic heterocycles. The number of fused-ring (bicyclic) bond motifs is 1. The number of alkyl halides is 2. The fourth-order valence-electron chi connectivity index (χ4n) is 5.57. The molecule has 1 aromatic carbocycles. The van der Waals surface area contributed by atoms with Crippen LogP contribution in [0.3, 0.4) is 0 Å². The Hall–Kier alpha value is -4.29. The van der Waals surface area contributed by atoms with Gasteiger partial charge in [0.25, 0.3) is 23.4 Å². The maximum atomic E-state index is 13.7. The first-order chi connectivity index (χ1) is 19.1. The summed E-state index contributed by atoms with van der Waals surface area (Å²) in [5.41, 5.74) is 6.01. The van der Waals surface area contributed by atoms with Crippen molar-refractivity contribution in [3.05, 3.63) is 58.0 Å². The number of pyridine rings is 1. The fraction of sp³-hybridized carbons (Fsp3) is 0.444. The number of carbonyl (C=O) groups excluding carboxylic acids is 2. The van der Waals surface area contributed by atoms with Gasteiger partial charge in [-0.3, -0.25) is 30.6 Å². The summed E-state index contributed by atoms with van der Waals surface area (Å²) in [6, 6.07) is 7.17. The van der Waals surface area contributed by atoms with Gasteiger partial charge in [-0.25, -0.2) is 13.8 Å². The van der Waals surface area contributed by atoms with Crippen molar-refractivity contribution < 1.29 is 27.7 Å². The van der Waals surface area contributed by atoms with Crippen LogP contribution >= 0.6 is 0 Å². The summed E-state index contributed by atoms with van der Waals surface area (Å²) in [7, 11) is 0. The Bertz CT molecular complexity index is 1480. The normalized spacial score (nSPS) is 19.4. The molecule has 3 aromatic rings. The maximum absolute atomic E-state index is 13.7. The molecule has 40 heavy (non-hydrogen) atoms. The molecule has 1 aliphatic carbocycles. The van der Waals surface area contributed by atoms with E-state index in [2.05, 4.69) is 15.8 Å². The number of piperidine rings is 2. The third kappa shape index (κ3) is 5.03. The van der Waals surface area contributed by atoms with E-state index in [9.17, 15) is 28.5 Å². The Kier molecular flexibility index (Phi) is 6.31. The quantitative estimate of drug-likeness (QED) is 0.350. The number of carbonyl (C=O) groups is 2. The molecule has 2 saturated heterocycles. The van der Waals surface area contributed by atoms with Crippen LogP contribution in [0.15, 0.2) is 41.0 Å². The molecule has 2 aromatic heterocycles. The molecular weight excluding hydrogens is 526 g/mol. The minimum Gasteiger partial charge on any atom is -0.460 e. The smallest absolute Gasteiger partial charge is 0.288 e. The molecule has 6 rings (SSSR count). The summed E-state index contributed by atoms with van der Waals surface area (Å²) in [4.78, 5) is 45.2. The number of amides is 2. The van der Waals surface area contributed by atoms with Crippen molar-refractivity contribution in [3.63, 3.8) is 0 Å². The average Bonchev–Trinajstić information content (AvgIpc) is 3.52. The number of benzene rings is 1. The predicted molar refractivity (Wildman–Crippen MR) is 142 cm³/mol. The SMILES string of the molecule is O=C(NNC(=O)c1ccc([N+](=O)[O-])cc1N1CCC2(CC1)CC2)c1cc2ccoc2c(N2CCC(F)(F)CC2)n1. The lowest BCUT2D eigenvalue weighted by atomic mass is 9.93. The molecule has 13 heteroatoms. The molecule has 210 valence electrons. The topological polar surface area (TPSA) is 134 Å². The second-order valence-electron chi connectivity index (χ2n) is 10.9. The number of hydrazine groups is 1. The van der Waals surface area contributed by atoms with Gasteiger partial charge in [0.2, 0.25) is 0 Å². The zero-order valence-corrected chi connectivity index (χ0v) is 21.6. The van der Waals surface area contributed by atoms with Gasteiger partial charge in [0.15, 0.2) is 11.4 Å². The van der Waals surface area contributed by atoms with Crippen molar-refractivity contribution in [3.8, 4) is 0 Å². The van der Waals surface area contributed by atoms with E-state index in [1.807, 2.05) is 4.90 Å². The Labute approximate surface area is 227 Å². The number of hydrogen-bond acceptors (Lipinski definition) is 8. The highest BCUT2D eigenvalue weighted by molar-refractivity contribution is 6.03. The third-order valence-corrected chi connectivity index (χ3v) is 8.29. The second-order valence-corrected chi connectivity index (χ2v) is 10.9. The minimum absolute atomic E-state index is 0.0313. The predicted octanol–water partition coefficient (Wildman–Crippen LogP) is 4.43. The lowest BCUT2D eigenvalue weighted by molar-refractivity contribution is -0.384. The van der Waals surface area contributed by atoms with Crippen LogP contribution in [0, 0.1) is 15.5 Å².